The van der Waals surface area contributed by atoms with Crippen molar-refractivity contribution in [3.63, 3.8) is 0 Å². The summed E-state index contributed by atoms with van der Waals surface area (Å²) in [5.41, 5.74) is 0.514. The molecule has 0 atom stereocenters. The van der Waals surface area contributed by atoms with Crippen molar-refractivity contribution >= 4 is 29.0 Å². The second-order valence-electron chi connectivity index (χ2n) is 4.13. The van der Waals surface area contributed by atoms with Crippen molar-refractivity contribution in [3.8, 4) is 5.75 Å². The first-order chi connectivity index (χ1) is 10.3. The highest BCUT2D eigenvalue weighted by molar-refractivity contribution is 7.80. The molecule has 0 unspecified atom stereocenters. The van der Waals surface area contributed by atoms with Crippen molar-refractivity contribution in [1.82, 2.24) is 5.32 Å². The number of halogens is 3. The number of thiocarbonyl (C=S) groups is 1. The summed E-state index contributed by atoms with van der Waals surface area (Å²) in [5, 5.41) is 5.97. The number of ether oxygens (including phenoxy) is 2. The summed E-state index contributed by atoms with van der Waals surface area (Å²) in [6.07, 6.45) is -3.89. The molecule has 22 heavy (non-hydrogen) atoms. The summed E-state index contributed by atoms with van der Waals surface area (Å²) >= 11 is 5.01. The Morgan fingerprint density at radius 3 is 2.45 bits per heavy atom. The molecule has 0 saturated heterocycles. The van der Waals surface area contributed by atoms with E-state index in [0.717, 1.165) is 0 Å². The van der Waals surface area contributed by atoms with Crippen LogP contribution >= 0.6 is 12.2 Å². The maximum absolute atomic E-state index is 12.0. The molecular weight excluding hydrogens is 321 g/mol. The fourth-order valence-corrected chi connectivity index (χ4v) is 1.67. The van der Waals surface area contributed by atoms with Crippen LogP contribution < -0.4 is 15.4 Å². The SMILES string of the molecule is COC(=O)CCCNC(=S)Nc1ccc(OC(F)(F)F)cc1. The van der Waals surface area contributed by atoms with Crippen LogP contribution in [0.5, 0.6) is 5.75 Å². The zero-order valence-corrected chi connectivity index (χ0v) is 12.5. The molecule has 0 spiro atoms. The van der Waals surface area contributed by atoms with Gasteiger partial charge in [0.25, 0.3) is 0 Å². The van der Waals surface area contributed by atoms with Gasteiger partial charge in [-0.05, 0) is 42.9 Å². The highest BCUT2D eigenvalue weighted by Crippen LogP contribution is 2.23. The number of carbonyl (C=O) groups is 1. The molecule has 0 aliphatic heterocycles. The Bertz CT molecular complexity index is 506. The van der Waals surface area contributed by atoms with Gasteiger partial charge in [0.1, 0.15) is 5.75 Å². The number of rotatable bonds is 6. The van der Waals surface area contributed by atoms with E-state index >= 15 is 0 Å². The van der Waals surface area contributed by atoms with Crippen LogP contribution in [-0.2, 0) is 9.53 Å². The van der Waals surface area contributed by atoms with E-state index in [1.165, 1.54) is 31.4 Å². The molecule has 122 valence electrons. The maximum Gasteiger partial charge on any atom is 0.573 e. The fourth-order valence-electron chi connectivity index (χ4n) is 1.45. The first kappa shape index (κ1) is 18.0. The highest BCUT2D eigenvalue weighted by atomic mass is 32.1. The predicted molar refractivity (Wildman–Crippen MR) is 78.6 cm³/mol. The van der Waals surface area contributed by atoms with E-state index in [1.807, 2.05) is 0 Å². The average molecular weight is 336 g/mol. The Labute approximate surface area is 130 Å². The lowest BCUT2D eigenvalue weighted by Crippen LogP contribution is -2.29. The van der Waals surface area contributed by atoms with Crippen molar-refractivity contribution in [2.45, 2.75) is 19.2 Å². The van der Waals surface area contributed by atoms with E-state index in [2.05, 4.69) is 20.1 Å². The van der Waals surface area contributed by atoms with E-state index in [4.69, 9.17) is 12.2 Å². The molecule has 1 aromatic carbocycles. The molecule has 9 heteroatoms. The lowest BCUT2D eigenvalue weighted by atomic mass is 10.3. The monoisotopic (exact) mass is 336 g/mol. The minimum atomic E-state index is -4.72. The maximum atomic E-state index is 12.0. The Morgan fingerprint density at radius 2 is 1.91 bits per heavy atom. The standard InChI is InChI=1S/C13H15F3N2O3S/c1-20-11(19)3-2-8-17-12(22)18-9-4-6-10(7-5-9)21-13(14,15)16/h4-7H,2-3,8H2,1H3,(H2,17,18,22). The smallest absolute Gasteiger partial charge is 0.469 e. The van der Waals surface area contributed by atoms with Crippen LogP contribution in [0.2, 0.25) is 0 Å². The molecular formula is C13H15F3N2O3S. The molecule has 0 fully saturated rings. The third-order valence-electron chi connectivity index (χ3n) is 2.42. The number of benzene rings is 1. The second kappa shape index (κ2) is 8.42. The fraction of sp³-hybridized carbons (Fsp3) is 0.385. The van der Waals surface area contributed by atoms with Gasteiger partial charge in [-0.2, -0.15) is 0 Å². The molecule has 0 bridgehead atoms. The molecule has 0 radical (unpaired) electrons. The number of nitrogens with one attached hydrogen (secondary N) is 2. The van der Waals surface area contributed by atoms with Gasteiger partial charge in [0.2, 0.25) is 0 Å². The topological polar surface area (TPSA) is 59.6 Å². The average Bonchev–Trinajstić information content (AvgIpc) is 2.44. The molecule has 0 amide bonds. The Morgan fingerprint density at radius 1 is 1.27 bits per heavy atom. The van der Waals surface area contributed by atoms with Crippen LogP contribution in [0.3, 0.4) is 0 Å². The largest absolute Gasteiger partial charge is 0.573 e. The highest BCUT2D eigenvalue weighted by Gasteiger charge is 2.30. The Hall–Kier alpha value is -2.03. The van der Waals surface area contributed by atoms with Crippen molar-refractivity contribution in [1.29, 1.82) is 0 Å². The molecule has 2 N–H and O–H groups in total. The molecule has 0 aromatic heterocycles. The lowest BCUT2D eigenvalue weighted by Gasteiger charge is -2.12. The van der Waals surface area contributed by atoms with Crippen LogP contribution in [0, 0.1) is 0 Å². The number of alkyl halides is 3. The van der Waals surface area contributed by atoms with E-state index < -0.39 is 6.36 Å². The first-order valence-electron chi connectivity index (χ1n) is 6.27. The van der Waals surface area contributed by atoms with Gasteiger partial charge in [0.15, 0.2) is 5.11 Å². The zero-order valence-electron chi connectivity index (χ0n) is 11.7. The quantitative estimate of drug-likeness (QED) is 0.473. The minimum absolute atomic E-state index is 0.273. The van der Waals surface area contributed by atoms with Gasteiger partial charge in [-0.3, -0.25) is 4.79 Å². The van der Waals surface area contributed by atoms with Gasteiger partial charge >= 0.3 is 12.3 Å². The number of hydrogen-bond acceptors (Lipinski definition) is 4. The summed E-state index contributed by atoms with van der Waals surface area (Å²) in [4.78, 5) is 10.9. The zero-order chi connectivity index (χ0) is 16.6. The summed E-state index contributed by atoms with van der Waals surface area (Å²) < 4.78 is 44.3. The molecule has 0 saturated carbocycles. The third kappa shape index (κ3) is 7.67. The van der Waals surface area contributed by atoms with Crippen molar-refractivity contribution in [2.24, 2.45) is 0 Å². The van der Waals surface area contributed by atoms with Crippen LogP contribution in [0.1, 0.15) is 12.8 Å². The molecule has 1 rings (SSSR count). The van der Waals surface area contributed by atoms with Gasteiger partial charge in [-0.1, -0.05) is 0 Å². The molecule has 0 aliphatic carbocycles. The van der Waals surface area contributed by atoms with Gasteiger partial charge < -0.3 is 20.1 Å². The van der Waals surface area contributed by atoms with E-state index in [0.29, 0.717) is 23.8 Å². The second-order valence-corrected chi connectivity index (χ2v) is 4.54. The third-order valence-corrected chi connectivity index (χ3v) is 2.66. The normalized spacial score (nSPS) is 10.7. The van der Waals surface area contributed by atoms with Gasteiger partial charge in [-0.25, -0.2) is 0 Å². The molecule has 1 aromatic rings. The van der Waals surface area contributed by atoms with E-state index in [1.54, 1.807) is 0 Å². The van der Waals surface area contributed by atoms with Crippen LogP contribution in [0.25, 0.3) is 0 Å². The number of hydrogen-bond donors (Lipinski definition) is 2. The Kier molecular flexibility index (Phi) is 6.90. The van der Waals surface area contributed by atoms with Gasteiger partial charge in [0, 0.05) is 18.7 Å². The van der Waals surface area contributed by atoms with Gasteiger partial charge in [0.05, 0.1) is 7.11 Å². The van der Waals surface area contributed by atoms with E-state index in [-0.39, 0.29) is 18.1 Å². The van der Waals surface area contributed by atoms with E-state index in [9.17, 15) is 18.0 Å². The van der Waals surface area contributed by atoms with Crippen molar-refractivity contribution < 1.29 is 27.4 Å². The van der Waals surface area contributed by atoms with Crippen molar-refractivity contribution in [2.75, 3.05) is 19.0 Å². The number of methoxy groups -OCH3 is 1. The van der Waals surface area contributed by atoms with Gasteiger partial charge in [-0.15, -0.1) is 13.2 Å². The first-order valence-corrected chi connectivity index (χ1v) is 6.68. The number of anilines is 1. The van der Waals surface area contributed by atoms with Crippen LogP contribution in [0.15, 0.2) is 24.3 Å². The summed E-state index contributed by atoms with van der Waals surface area (Å²) in [7, 11) is 1.31. The minimum Gasteiger partial charge on any atom is -0.469 e. The van der Waals surface area contributed by atoms with Crippen LogP contribution in [0.4, 0.5) is 18.9 Å². The van der Waals surface area contributed by atoms with Crippen LogP contribution in [-0.4, -0.2) is 31.1 Å². The molecule has 0 heterocycles. The number of esters is 1. The summed E-state index contributed by atoms with van der Waals surface area (Å²) in [5.74, 6) is -0.615. The summed E-state index contributed by atoms with van der Waals surface area (Å²) in [6, 6.07) is 5.17. The molecule has 5 nitrogen and oxygen atoms in total. The predicted octanol–water partition coefficient (Wildman–Crippen LogP) is 2.82. The molecule has 0 aliphatic rings. The number of carbonyl (C=O) groups excluding carboxylic acids is 1. The van der Waals surface area contributed by atoms with Crippen molar-refractivity contribution in [3.05, 3.63) is 24.3 Å². The lowest BCUT2D eigenvalue weighted by molar-refractivity contribution is -0.274. The summed E-state index contributed by atoms with van der Waals surface area (Å²) in [6.45, 7) is 0.468. The Balaban J connectivity index is 2.34.